The van der Waals surface area contributed by atoms with Gasteiger partial charge in [0.15, 0.2) is 18.4 Å². The molecule has 9 heteroatoms. The van der Waals surface area contributed by atoms with Crippen LogP contribution in [-0.4, -0.2) is 110 Å². The molecule has 3 rings (SSSR count). The van der Waals surface area contributed by atoms with Crippen LogP contribution in [0.5, 0.6) is 0 Å². The van der Waals surface area contributed by atoms with Gasteiger partial charge in [-0.2, -0.15) is 0 Å². The Morgan fingerprint density at radius 2 is 1.97 bits per heavy atom. The van der Waals surface area contributed by atoms with Gasteiger partial charge in [-0.3, -0.25) is 9.69 Å². The summed E-state index contributed by atoms with van der Waals surface area (Å²) in [5.74, 6) is -0.726. The van der Waals surface area contributed by atoms with E-state index in [2.05, 4.69) is 41.2 Å². The summed E-state index contributed by atoms with van der Waals surface area (Å²) in [6, 6.07) is 0.0528. The van der Waals surface area contributed by atoms with Gasteiger partial charge in [0.2, 0.25) is 5.91 Å². The smallest absolute Gasteiger partial charge is 0.233 e. The minimum Gasteiger partial charge on any atom is -0.350 e. The van der Waals surface area contributed by atoms with Crippen molar-refractivity contribution in [1.82, 2.24) is 20.4 Å². The molecule has 6 unspecified atom stereocenters. The van der Waals surface area contributed by atoms with Gasteiger partial charge in [-0.1, -0.05) is 27.2 Å². The maximum absolute atomic E-state index is 14.7. The van der Waals surface area contributed by atoms with E-state index in [1.54, 1.807) is 6.21 Å². The first-order valence-electron chi connectivity index (χ1n) is 13.9. The molecule has 202 valence electrons. The molecule has 2 fully saturated rings. The SMILES string of the molecule is CCN1CCN(C2CCNCC2NC(=O)C(C(N)N)C2CC(C)(CC)CCCC(F)C=[N+]2C)CC1. The number of nitrogens with two attached hydrogens (primary N) is 2. The molecular weight excluding hydrogens is 445 g/mol. The van der Waals surface area contributed by atoms with Crippen LogP contribution in [0.25, 0.3) is 0 Å². The predicted octanol–water partition coefficient (Wildman–Crippen LogP) is 0.740. The Bertz CT molecular complexity index is 712. The zero-order valence-corrected chi connectivity index (χ0v) is 22.5. The third-order valence-electron chi connectivity index (χ3n) is 8.96. The number of rotatable bonds is 7. The quantitative estimate of drug-likeness (QED) is 0.306. The number of halogens is 1. The number of hydrogen-bond acceptors (Lipinski definition) is 6. The first kappa shape index (κ1) is 28.4. The summed E-state index contributed by atoms with van der Waals surface area (Å²) in [5.41, 5.74) is 12.6. The zero-order valence-electron chi connectivity index (χ0n) is 22.5. The van der Waals surface area contributed by atoms with E-state index < -0.39 is 18.3 Å². The molecule has 6 atom stereocenters. The number of carbonyl (C=O) groups is 1. The number of carbonyl (C=O) groups excluding carboxylic acids is 1. The fourth-order valence-electron chi connectivity index (χ4n) is 6.34. The van der Waals surface area contributed by atoms with Gasteiger partial charge in [0, 0.05) is 45.2 Å². The molecule has 8 nitrogen and oxygen atoms in total. The summed E-state index contributed by atoms with van der Waals surface area (Å²) in [6.45, 7) is 13.6. The Kier molecular flexibility index (Phi) is 10.5. The van der Waals surface area contributed by atoms with Gasteiger partial charge < -0.3 is 27.0 Å². The molecule has 0 aromatic heterocycles. The predicted molar refractivity (Wildman–Crippen MR) is 140 cm³/mol. The monoisotopic (exact) mass is 496 g/mol. The number of hydrogen-bond donors (Lipinski definition) is 4. The minimum atomic E-state index is -1.02. The molecule has 3 aliphatic heterocycles. The molecule has 6 N–H and O–H groups in total. The third-order valence-corrected chi connectivity index (χ3v) is 8.96. The molecule has 1 amide bonds. The molecular formula is C26H51FN7O+. The van der Waals surface area contributed by atoms with Gasteiger partial charge in [-0.15, -0.1) is 0 Å². The van der Waals surface area contributed by atoms with Gasteiger partial charge >= 0.3 is 0 Å². The first-order valence-corrected chi connectivity index (χ1v) is 13.9. The molecule has 3 aliphatic rings. The summed E-state index contributed by atoms with van der Waals surface area (Å²) in [7, 11) is 1.87. The van der Waals surface area contributed by atoms with E-state index in [-0.39, 0.29) is 23.4 Å². The highest BCUT2D eigenvalue weighted by molar-refractivity contribution is 5.80. The normalized spacial score (nSPS) is 35.0. The molecule has 0 aliphatic carbocycles. The second kappa shape index (κ2) is 12.9. The van der Waals surface area contributed by atoms with Crippen molar-refractivity contribution in [2.75, 3.05) is 52.9 Å². The standard InChI is InChI=1S/C26H50FN7O/c1-5-26(3)10-7-8-19(27)18-32(4)22(16-26)23(24(28)29)25(35)31-20-17-30-11-9-21(20)34-14-12-33(6-2)13-15-34/h18-24,30H,5-17,28-29H2,1-4H3/p+1. The molecule has 0 radical (unpaired) electrons. The van der Waals surface area contributed by atoms with Gasteiger partial charge in [-0.05, 0) is 44.2 Å². The maximum atomic E-state index is 14.7. The number of amides is 1. The van der Waals surface area contributed by atoms with Crippen molar-refractivity contribution in [2.24, 2.45) is 22.8 Å². The van der Waals surface area contributed by atoms with Crippen molar-refractivity contribution in [1.29, 1.82) is 0 Å². The topological polar surface area (TPSA) is 103 Å². The van der Waals surface area contributed by atoms with Crippen LogP contribution in [0.15, 0.2) is 0 Å². The number of likely N-dealkylation sites (N-methyl/N-ethyl adjacent to an activating group) is 1. The lowest BCUT2D eigenvalue weighted by Gasteiger charge is -2.44. The molecule has 0 aromatic rings. The molecule has 0 aromatic carbocycles. The lowest BCUT2D eigenvalue weighted by Crippen LogP contribution is -2.65. The summed E-state index contributed by atoms with van der Waals surface area (Å²) < 4.78 is 16.5. The minimum absolute atomic E-state index is 0.00257. The van der Waals surface area contributed by atoms with E-state index in [4.69, 9.17) is 11.5 Å². The van der Waals surface area contributed by atoms with Crippen LogP contribution < -0.4 is 22.1 Å². The Balaban J connectivity index is 1.79. The van der Waals surface area contributed by atoms with Gasteiger partial charge in [0.1, 0.15) is 13.0 Å². The fourth-order valence-corrected chi connectivity index (χ4v) is 6.34. The molecule has 0 bridgehead atoms. The largest absolute Gasteiger partial charge is 0.350 e. The van der Waals surface area contributed by atoms with Crippen molar-refractivity contribution in [2.45, 2.75) is 89.8 Å². The van der Waals surface area contributed by atoms with Crippen LogP contribution in [0.1, 0.15) is 59.3 Å². The Morgan fingerprint density at radius 3 is 2.60 bits per heavy atom. The van der Waals surface area contributed by atoms with Crippen LogP contribution in [0.3, 0.4) is 0 Å². The summed E-state index contributed by atoms with van der Waals surface area (Å²) in [5, 5.41) is 6.81. The highest BCUT2D eigenvalue weighted by atomic mass is 19.1. The van der Waals surface area contributed by atoms with E-state index in [9.17, 15) is 9.18 Å². The fraction of sp³-hybridized carbons (Fsp3) is 0.923. The van der Waals surface area contributed by atoms with Crippen molar-refractivity contribution in [3.05, 3.63) is 0 Å². The van der Waals surface area contributed by atoms with E-state index in [1.165, 1.54) is 0 Å². The highest BCUT2D eigenvalue weighted by Crippen LogP contribution is 2.37. The van der Waals surface area contributed by atoms with Crippen LogP contribution in [0.4, 0.5) is 4.39 Å². The molecule has 0 spiro atoms. The molecule has 2 saturated heterocycles. The zero-order chi connectivity index (χ0) is 25.6. The van der Waals surface area contributed by atoms with Gasteiger partial charge in [-0.25, -0.2) is 8.97 Å². The number of piperazine rings is 1. The average Bonchev–Trinajstić information content (AvgIpc) is 2.88. The van der Waals surface area contributed by atoms with E-state index in [0.29, 0.717) is 12.5 Å². The Labute approximate surface area is 212 Å². The van der Waals surface area contributed by atoms with Crippen LogP contribution >= 0.6 is 0 Å². The first-order chi connectivity index (χ1) is 16.7. The van der Waals surface area contributed by atoms with Crippen LogP contribution in [-0.2, 0) is 4.79 Å². The van der Waals surface area contributed by atoms with Crippen molar-refractivity contribution < 1.29 is 13.8 Å². The van der Waals surface area contributed by atoms with Crippen LogP contribution in [0.2, 0.25) is 0 Å². The van der Waals surface area contributed by atoms with Crippen molar-refractivity contribution in [3.8, 4) is 0 Å². The van der Waals surface area contributed by atoms with Gasteiger partial charge in [0.05, 0.1) is 12.2 Å². The van der Waals surface area contributed by atoms with E-state index in [0.717, 1.165) is 77.9 Å². The van der Waals surface area contributed by atoms with E-state index in [1.807, 2.05) is 11.6 Å². The van der Waals surface area contributed by atoms with Crippen molar-refractivity contribution >= 4 is 12.1 Å². The number of nitrogens with one attached hydrogen (secondary N) is 2. The highest BCUT2D eigenvalue weighted by Gasteiger charge is 2.44. The van der Waals surface area contributed by atoms with Gasteiger partial charge in [0.25, 0.3) is 0 Å². The van der Waals surface area contributed by atoms with Crippen molar-refractivity contribution in [3.63, 3.8) is 0 Å². The lowest BCUT2D eigenvalue weighted by molar-refractivity contribution is -0.546. The molecule has 3 heterocycles. The number of nitrogens with zero attached hydrogens (tertiary/aromatic N) is 3. The Morgan fingerprint density at radius 1 is 1.26 bits per heavy atom. The maximum Gasteiger partial charge on any atom is 0.233 e. The average molecular weight is 497 g/mol. The third kappa shape index (κ3) is 7.44. The molecule has 35 heavy (non-hydrogen) atoms. The lowest BCUT2D eigenvalue weighted by atomic mass is 9.74. The second-order valence-electron chi connectivity index (χ2n) is 11.4. The summed E-state index contributed by atoms with van der Waals surface area (Å²) in [4.78, 5) is 18.8. The number of alkyl halides is 1. The van der Waals surface area contributed by atoms with E-state index >= 15 is 0 Å². The number of piperidine rings is 1. The summed E-state index contributed by atoms with van der Waals surface area (Å²) >= 11 is 0. The Hall–Kier alpha value is -1.13. The second-order valence-corrected chi connectivity index (χ2v) is 11.4. The summed E-state index contributed by atoms with van der Waals surface area (Å²) in [6.07, 6.45) is 4.82. The molecule has 0 saturated carbocycles. The van der Waals surface area contributed by atoms with Crippen LogP contribution in [0, 0.1) is 11.3 Å².